The highest BCUT2D eigenvalue weighted by Crippen LogP contribution is 2.29. The number of non-ortho nitro benzene ring substituents is 1. The Labute approximate surface area is 171 Å². The lowest BCUT2D eigenvalue weighted by atomic mass is 10.3. The molecule has 0 saturated heterocycles. The molecule has 12 heteroatoms. The normalized spacial score (nSPS) is 11.3. The van der Waals surface area contributed by atoms with E-state index in [-0.39, 0.29) is 32.1 Å². The van der Waals surface area contributed by atoms with E-state index in [0.29, 0.717) is 0 Å². The van der Waals surface area contributed by atoms with Crippen LogP contribution < -0.4 is 10.1 Å². The molecule has 2 aromatic carbocycles. The molecule has 0 aliphatic rings. The van der Waals surface area contributed by atoms with Gasteiger partial charge in [0.25, 0.3) is 11.6 Å². The second-order valence-electron chi connectivity index (χ2n) is 5.64. The van der Waals surface area contributed by atoms with Crippen molar-refractivity contribution in [2.75, 3.05) is 26.0 Å². The van der Waals surface area contributed by atoms with Crippen LogP contribution in [0.25, 0.3) is 0 Å². The van der Waals surface area contributed by atoms with Gasteiger partial charge in [-0.25, -0.2) is 12.7 Å². The molecule has 0 bridgehead atoms. The van der Waals surface area contributed by atoms with Crippen LogP contribution in [-0.4, -0.2) is 44.3 Å². The molecule has 1 N–H and O–H groups in total. The van der Waals surface area contributed by atoms with E-state index in [4.69, 9.17) is 27.9 Å². The molecule has 0 radical (unpaired) electrons. The minimum absolute atomic E-state index is 0.0286. The summed E-state index contributed by atoms with van der Waals surface area (Å²) in [5.74, 6) is -0.548. The van der Waals surface area contributed by atoms with Crippen molar-refractivity contribution >= 4 is 50.5 Å². The van der Waals surface area contributed by atoms with Crippen LogP contribution in [0.3, 0.4) is 0 Å². The Morgan fingerprint density at radius 2 is 1.86 bits per heavy atom. The standard InChI is InChI=1S/C16H15Cl2N3O6S/c1-20(2)28(25,26)11-4-5-12(17)14(8-11)19-16(22)9-27-15-6-3-10(21(23)24)7-13(15)18/h3-8H,9H2,1-2H3,(H,19,22). The van der Waals surface area contributed by atoms with Crippen LogP contribution in [-0.2, 0) is 14.8 Å². The van der Waals surface area contributed by atoms with Gasteiger partial charge in [-0.2, -0.15) is 0 Å². The van der Waals surface area contributed by atoms with Gasteiger partial charge in [0.2, 0.25) is 10.0 Å². The zero-order valence-electron chi connectivity index (χ0n) is 14.7. The van der Waals surface area contributed by atoms with Gasteiger partial charge in [-0.05, 0) is 24.3 Å². The van der Waals surface area contributed by atoms with Gasteiger partial charge < -0.3 is 10.1 Å². The number of ether oxygens (including phenoxy) is 1. The van der Waals surface area contributed by atoms with E-state index >= 15 is 0 Å². The zero-order chi connectivity index (χ0) is 21.1. The molecule has 150 valence electrons. The number of sulfonamides is 1. The molecule has 0 aliphatic heterocycles. The highest BCUT2D eigenvalue weighted by Gasteiger charge is 2.19. The lowest BCUT2D eigenvalue weighted by Crippen LogP contribution is -2.23. The average molecular weight is 448 g/mol. The summed E-state index contributed by atoms with van der Waals surface area (Å²) in [4.78, 5) is 22.1. The fourth-order valence-corrected chi connectivity index (χ4v) is 3.34. The predicted molar refractivity (Wildman–Crippen MR) is 105 cm³/mol. The summed E-state index contributed by atoms with van der Waals surface area (Å²) >= 11 is 11.9. The quantitative estimate of drug-likeness (QED) is 0.514. The maximum absolute atomic E-state index is 12.2. The number of anilines is 1. The summed E-state index contributed by atoms with van der Waals surface area (Å²) in [5, 5.41) is 13.2. The highest BCUT2D eigenvalue weighted by molar-refractivity contribution is 7.89. The number of amides is 1. The van der Waals surface area contributed by atoms with E-state index in [1.807, 2.05) is 0 Å². The summed E-state index contributed by atoms with van der Waals surface area (Å²) in [5.41, 5.74) is -0.125. The number of nitro groups is 1. The fraction of sp³-hybridized carbons (Fsp3) is 0.188. The van der Waals surface area contributed by atoms with Crippen molar-refractivity contribution in [1.82, 2.24) is 4.31 Å². The van der Waals surface area contributed by atoms with Crippen molar-refractivity contribution in [2.24, 2.45) is 0 Å². The molecule has 2 rings (SSSR count). The third-order valence-electron chi connectivity index (χ3n) is 3.48. The first-order chi connectivity index (χ1) is 13.0. The Bertz CT molecular complexity index is 1030. The lowest BCUT2D eigenvalue weighted by molar-refractivity contribution is -0.384. The van der Waals surface area contributed by atoms with Crippen LogP contribution in [0.1, 0.15) is 0 Å². The maximum Gasteiger partial charge on any atom is 0.271 e. The molecule has 0 saturated carbocycles. The van der Waals surface area contributed by atoms with Crippen molar-refractivity contribution in [3.8, 4) is 5.75 Å². The van der Waals surface area contributed by atoms with E-state index in [2.05, 4.69) is 5.32 Å². The van der Waals surface area contributed by atoms with Gasteiger partial charge in [0.1, 0.15) is 5.75 Å². The molecule has 0 heterocycles. The number of benzene rings is 2. The second-order valence-corrected chi connectivity index (χ2v) is 8.60. The van der Waals surface area contributed by atoms with E-state index in [1.54, 1.807) is 0 Å². The maximum atomic E-state index is 12.2. The van der Waals surface area contributed by atoms with Gasteiger partial charge in [-0.3, -0.25) is 14.9 Å². The SMILES string of the molecule is CN(C)S(=O)(=O)c1ccc(Cl)c(NC(=O)COc2ccc([N+](=O)[O-])cc2Cl)c1. The Hall–Kier alpha value is -2.40. The Morgan fingerprint density at radius 1 is 1.18 bits per heavy atom. The molecule has 1 amide bonds. The van der Waals surface area contributed by atoms with Crippen LogP contribution >= 0.6 is 23.2 Å². The van der Waals surface area contributed by atoms with Crippen molar-refractivity contribution in [2.45, 2.75) is 4.90 Å². The number of halogens is 2. The van der Waals surface area contributed by atoms with E-state index in [9.17, 15) is 23.3 Å². The van der Waals surface area contributed by atoms with Crippen molar-refractivity contribution in [3.63, 3.8) is 0 Å². The number of nitrogens with one attached hydrogen (secondary N) is 1. The summed E-state index contributed by atoms with van der Waals surface area (Å²) in [7, 11) is -0.946. The molecule has 0 fully saturated rings. The minimum Gasteiger partial charge on any atom is -0.482 e. The van der Waals surface area contributed by atoms with Gasteiger partial charge in [0.05, 0.1) is 25.6 Å². The van der Waals surface area contributed by atoms with Crippen LogP contribution in [0.2, 0.25) is 10.0 Å². The molecular formula is C16H15Cl2N3O6S. The Morgan fingerprint density at radius 3 is 2.43 bits per heavy atom. The Balaban J connectivity index is 2.10. The van der Waals surface area contributed by atoms with Crippen LogP contribution in [0.5, 0.6) is 5.75 Å². The van der Waals surface area contributed by atoms with Crippen LogP contribution in [0.4, 0.5) is 11.4 Å². The number of carbonyl (C=O) groups excluding carboxylic acids is 1. The van der Waals surface area contributed by atoms with Gasteiger partial charge in [-0.1, -0.05) is 23.2 Å². The summed E-state index contributed by atoms with van der Waals surface area (Å²) in [6.07, 6.45) is 0. The molecule has 2 aromatic rings. The molecule has 0 spiro atoms. The van der Waals surface area contributed by atoms with Gasteiger partial charge in [0.15, 0.2) is 6.61 Å². The smallest absolute Gasteiger partial charge is 0.271 e. The first-order valence-electron chi connectivity index (χ1n) is 7.61. The third-order valence-corrected chi connectivity index (χ3v) is 5.91. The lowest BCUT2D eigenvalue weighted by Gasteiger charge is -2.14. The van der Waals surface area contributed by atoms with E-state index in [0.717, 1.165) is 10.4 Å². The summed E-state index contributed by atoms with van der Waals surface area (Å²) in [6.45, 7) is -0.474. The molecule has 0 atom stereocenters. The Kier molecular flexibility index (Phi) is 6.83. The molecule has 0 unspecified atom stereocenters. The number of nitrogens with zero attached hydrogens (tertiary/aromatic N) is 2. The molecule has 9 nitrogen and oxygen atoms in total. The molecule has 0 aromatic heterocycles. The fourth-order valence-electron chi connectivity index (χ4n) is 2.02. The average Bonchev–Trinajstić information content (AvgIpc) is 2.62. The van der Waals surface area contributed by atoms with Gasteiger partial charge in [0, 0.05) is 26.2 Å². The van der Waals surface area contributed by atoms with Crippen LogP contribution in [0, 0.1) is 10.1 Å². The monoisotopic (exact) mass is 447 g/mol. The molecular weight excluding hydrogens is 433 g/mol. The van der Waals surface area contributed by atoms with E-state index < -0.39 is 27.5 Å². The number of rotatable bonds is 7. The molecule has 28 heavy (non-hydrogen) atoms. The van der Waals surface area contributed by atoms with Crippen LogP contribution in [0.15, 0.2) is 41.3 Å². The topological polar surface area (TPSA) is 119 Å². The highest BCUT2D eigenvalue weighted by atomic mass is 35.5. The van der Waals surface area contributed by atoms with Crippen molar-refractivity contribution in [3.05, 3.63) is 56.6 Å². The molecule has 0 aliphatic carbocycles. The number of nitro benzene ring substituents is 1. The van der Waals surface area contributed by atoms with E-state index in [1.165, 1.54) is 44.4 Å². The second kappa shape index (κ2) is 8.74. The predicted octanol–water partition coefficient (Wildman–Crippen LogP) is 3.17. The summed E-state index contributed by atoms with van der Waals surface area (Å²) < 4.78 is 30.6. The van der Waals surface area contributed by atoms with Gasteiger partial charge >= 0.3 is 0 Å². The zero-order valence-corrected chi connectivity index (χ0v) is 17.0. The number of hydrogen-bond donors (Lipinski definition) is 1. The first-order valence-corrected chi connectivity index (χ1v) is 9.80. The van der Waals surface area contributed by atoms with Gasteiger partial charge in [-0.15, -0.1) is 0 Å². The minimum atomic E-state index is -3.70. The van der Waals surface area contributed by atoms with Crippen molar-refractivity contribution in [1.29, 1.82) is 0 Å². The summed E-state index contributed by atoms with van der Waals surface area (Å²) in [6, 6.07) is 7.45. The largest absolute Gasteiger partial charge is 0.482 e. The third kappa shape index (κ3) is 5.10. The number of carbonyl (C=O) groups is 1. The van der Waals surface area contributed by atoms with Crippen molar-refractivity contribution < 1.29 is 22.9 Å². The first kappa shape index (κ1) is 21.9. The number of hydrogen-bond acceptors (Lipinski definition) is 6.